The predicted molar refractivity (Wildman–Crippen MR) is 119 cm³/mol. The van der Waals surface area contributed by atoms with Crippen LogP contribution in [0.3, 0.4) is 0 Å². The number of rotatable bonds is 8. The smallest absolute Gasteiger partial charge is 0.196 e. The van der Waals surface area contributed by atoms with Gasteiger partial charge >= 0.3 is 0 Å². The molecule has 6 nitrogen and oxygen atoms in total. The monoisotopic (exact) mass is 414 g/mol. The molecule has 1 aliphatic carbocycles. The van der Waals surface area contributed by atoms with E-state index in [0.29, 0.717) is 17.7 Å². The molecule has 2 aromatic carbocycles. The largest absolute Gasteiger partial charge is 0.394 e. The van der Waals surface area contributed by atoms with Crippen molar-refractivity contribution in [3.8, 4) is 11.3 Å². The highest BCUT2D eigenvalue weighted by atomic mass is 35.5. The summed E-state index contributed by atoms with van der Waals surface area (Å²) in [6.45, 7) is 8.43. The van der Waals surface area contributed by atoms with Gasteiger partial charge in [-0.2, -0.15) is 5.10 Å². The number of hydrogen-bond acceptors (Lipinski definition) is 5. The Balaban J connectivity index is 0.00000240. The van der Waals surface area contributed by atoms with E-state index in [0.717, 1.165) is 54.0 Å². The number of ketones is 1. The number of nitrogens with one attached hydrogen (secondary N) is 1. The standard InChI is InChI=1S/C22H26N4O2.ClH/c1-3-25(4-2)12-11-23-17-9-10-18-20-19(17)22(28)16-8-6-5-7-15(16)21(20)24-26(18)13-14-27;/h5-10,23,27H,3-4,11-14H2,1-2H3;1H. The van der Waals surface area contributed by atoms with Crippen molar-refractivity contribution in [2.24, 2.45) is 0 Å². The summed E-state index contributed by atoms with van der Waals surface area (Å²) in [7, 11) is 0. The van der Waals surface area contributed by atoms with E-state index in [1.54, 1.807) is 4.68 Å². The van der Waals surface area contributed by atoms with Gasteiger partial charge in [-0.15, -0.1) is 12.4 Å². The van der Waals surface area contributed by atoms with Gasteiger partial charge in [0.2, 0.25) is 0 Å². The van der Waals surface area contributed by atoms with Crippen LogP contribution < -0.4 is 5.32 Å². The van der Waals surface area contributed by atoms with Crippen molar-refractivity contribution < 1.29 is 9.90 Å². The minimum atomic E-state index is 0. The molecule has 0 saturated heterocycles. The second-order valence-corrected chi connectivity index (χ2v) is 7.01. The van der Waals surface area contributed by atoms with Gasteiger partial charge in [0, 0.05) is 35.3 Å². The zero-order valence-electron chi connectivity index (χ0n) is 16.8. The highest BCUT2D eigenvalue weighted by Crippen LogP contribution is 2.41. The molecule has 0 fully saturated rings. The minimum Gasteiger partial charge on any atom is -0.394 e. The zero-order chi connectivity index (χ0) is 19.7. The summed E-state index contributed by atoms with van der Waals surface area (Å²) < 4.78 is 1.79. The van der Waals surface area contributed by atoms with Gasteiger partial charge < -0.3 is 15.3 Å². The molecule has 1 heterocycles. The van der Waals surface area contributed by atoms with Gasteiger partial charge in [0.1, 0.15) is 5.69 Å². The van der Waals surface area contributed by atoms with Crippen molar-refractivity contribution in [3.05, 3.63) is 47.5 Å². The van der Waals surface area contributed by atoms with Crippen LogP contribution in [0, 0.1) is 0 Å². The minimum absolute atomic E-state index is 0. The van der Waals surface area contributed by atoms with Gasteiger partial charge in [-0.25, -0.2) is 0 Å². The average molecular weight is 415 g/mol. The molecule has 0 aliphatic heterocycles. The van der Waals surface area contributed by atoms with Crippen LogP contribution in [0.25, 0.3) is 22.2 Å². The second kappa shape index (κ2) is 8.95. The molecular weight excluding hydrogens is 388 g/mol. The van der Waals surface area contributed by atoms with Crippen LogP contribution in [0.1, 0.15) is 29.8 Å². The first-order chi connectivity index (χ1) is 13.7. The van der Waals surface area contributed by atoms with Gasteiger partial charge in [-0.05, 0) is 25.2 Å². The van der Waals surface area contributed by atoms with E-state index in [1.165, 1.54) is 0 Å². The van der Waals surface area contributed by atoms with Gasteiger partial charge in [0.15, 0.2) is 5.78 Å². The summed E-state index contributed by atoms with van der Waals surface area (Å²) in [5.74, 6) is 0.0302. The number of nitrogens with zero attached hydrogens (tertiary/aromatic N) is 3. The molecule has 4 rings (SSSR count). The van der Waals surface area contributed by atoms with Crippen molar-refractivity contribution in [3.63, 3.8) is 0 Å². The third kappa shape index (κ3) is 3.64. The predicted octanol–water partition coefficient (Wildman–Crippen LogP) is 3.42. The highest BCUT2D eigenvalue weighted by molar-refractivity contribution is 6.27. The maximum Gasteiger partial charge on any atom is 0.196 e. The topological polar surface area (TPSA) is 70.4 Å². The SMILES string of the molecule is CCN(CC)CCNc1ccc2c3c(nn2CCO)-c2ccccc2C(=O)c13.Cl. The van der Waals surface area contributed by atoms with E-state index < -0.39 is 0 Å². The Labute approximate surface area is 176 Å². The van der Waals surface area contributed by atoms with E-state index in [-0.39, 0.29) is 24.8 Å². The molecule has 2 N–H and O–H groups in total. The molecule has 0 atom stereocenters. The third-order valence-electron chi connectivity index (χ3n) is 5.52. The molecule has 3 aromatic rings. The fourth-order valence-corrected chi connectivity index (χ4v) is 4.02. The van der Waals surface area contributed by atoms with Crippen molar-refractivity contribution in [1.82, 2.24) is 14.7 Å². The number of hydrogen-bond donors (Lipinski definition) is 2. The number of carbonyl (C=O) groups excluding carboxylic acids is 1. The van der Waals surface area contributed by atoms with Crippen LogP contribution in [-0.2, 0) is 6.54 Å². The van der Waals surface area contributed by atoms with Crippen LogP contribution in [0.15, 0.2) is 36.4 Å². The number of benzene rings is 2. The Hall–Kier alpha value is -2.41. The molecule has 7 heteroatoms. The zero-order valence-corrected chi connectivity index (χ0v) is 17.6. The van der Waals surface area contributed by atoms with Crippen LogP contribution in [0.5, 0.6) is 0 Å². The number of anilines is 1. The number of halogens is 1. The molecule has 29 heavy (non-hydrogen) atoms. The second-order valence-electron chi connectivity index (χ2n) is 7.01. The van der Waals surface area contributed by atoms with E-state index in [1.807, 2.05) is 36.4 Å². The van der Waals surface area contributed by atoms with Gasteiger partial charge in [-0.3, -0.25) is 9.48 Å². The Bertz CT molecular complexity index is 1030. The van der Waals surface area contributed by atoms with E-state index in [4.69, 9.17) is 5.10 Å². The number of carbonyl (C=O) groups is 1. The lowest BCUT2D eigenvalue weighted by atomic mass is 9.86. The number of likely N-dealkylation sites (N-methyl/N-ethyl adjacent to an activating group) is 1. The Morgan fingerprint density at radius 1 is 1.10 bits per heavy atom. The van der Waals surface area contributed by atoms with Crippen molar-refractivity contribution in [2.45, 2.75) is 20.4 Å². The molecule has 0 spiro atoms. The molecule has 1 aromatic heterocycles. The molecule has 0 unspecified atom stereocenters. The summed E-state index contributed by atoms with van der Waals surface area (Å²) in [4.78, 5) is 15.7. The molecule has 0 radical (unpaired) electrons. The summed E-state index contributed by atoms with van der Waals surface area (Å²) >= 11 is 0. The molecule has 0 saturated carbocycles. The summed E-state index contributed by atoms with van der Waals surface area (Å²) in [6.07, 6.45) is 0. The number of fused-ring (bicyclic) bond motifs is 2. The lowest BCUT2D eigenvalue weighted by molar-refractivity contribution is 0.104. The molecule has 0 amide bonds. The number of aromatic nitrogens is 2. The van der Waals surface area contributed by atoms with E-state index in [9.17, 15) is 9.90 Å². The van der Waals surface area contributed by atoms with Crippen LogP contribution in [-0.4, -0.2) is 58.4 Å². The van der Waals surface area contributed by atoms with Crippen LogP contribution in [0.4, 0.5) is 5.69 Å². The first kappa shape index (κ1) is 21.3. The average Bonchev–Trinajstić information content (AvgIpc) is 3.09. The summed E-state index contributed by atoms with van der Waals surface area (Å²) in [5, 5.41) is 18.5. The quantitative estimate of drug-likeness (QED) is 0.462. The molecular formula is C22H27ClN4O2. The Kier molecular flexibility index (Phi) is 6.57. The first-order valence-corrected chi connectivity index (χ1v) is 9.94. The van der Waals surface area contributed by atoms with Crippen LogP contribution >= 0.6 is 12.4 Å². The fourth-order valence-electron chi connectivity index (χ4n) is 4.02. The molecule has 1 aliphatic rings. The lowest BCUT2D eigenvalue weighted by Crippen LogP contribution is -2.29. The molecule has 154 valence electrons. The van der Waals surface area contributed by atoms with Gasteiger partial charge in [0.05, 0.1) is 24.2 Å². The Morgan fingerprint density at radius 3 is 2.52 bits per heavy atom. The third-order valence-corrected chi connectivity index (χ3v) is 5.52. The fraction of sp³-hybridized carbons (Fsp3) is 0.364. The summed E-state index contributed by atoms with van der Waals surface area (Å²) in [6, 6.07) is 11.6. The van der Waals surface area contributed by atoms with E-state index >= 15 is 0 Å². The van der Waals surface area contributed by atoms with Crippen molar-refractivity contribution >= 4 is 34.8 Å². The first-order valence-electron chi connectivity index (χ1n) is 9.94. The highest BCUT2D eigenvalue weighted by Gasteiger charge is 2.30. The van der Waals surface area contributed by atoms with E-state index in [2.05, 4.69) is 24.1 Å². The molecule has 0 bridgehead atoms. The van der Waals surface area contributed by atoms with Crippen LogP contribution in [0.2, 0.25) is 0 Å². The van der Waals surface area contributed by atoms with Gasteiger partial charge in [-0.1, -0.05) is 38.1 Å². The normalized spacial score (nSPS) is 12.2. The number of aliphatic hydroxyl groups excluding tert-OH is 1. The lowest BCUT2D eigenvalue weighted by Gasteiger charge is -2.21. The summed E-state index contributed by atoms with van der Waals surface area (Å²) in [5.41, 5.74) is 4.79. The maximum absolute atomic E-state index is 13.4. The van der Waals surface area contributed by atoms with Gasteiger partial charge in [0.25, 0.3) is 0 Å². The van der Waals surface area contributed by atoms with Crippen molar-refractivity contribution in [2.75, 3.05) is 38.1 Å². The Morgan fingerprint density at radius 2 is 1.83 bits per heavy atom. The maximum atomic E-state index is 13.4. The number of aliphatic hydroxyl groups is 1. The van der Waals surface area contributed by atoms with Crippen molar-refractivity contribution in [1.29, 1.82) is 0 Å².